The number of benzene rings is 1. The minimum Gasteiger partial charge on any atom is -0.453 e. The molecule has 38 heavy (non-hydrogen) atoms. The summed E-state index contributed by atoms with van der Waals surface area (Å²) in [6, 6.07) is 3.27. The molecule has 1 aliphatic heterocycles. The van der Waals surface area contributed by atoms with Gasteiger partial charge in [0.1, 0.15) is 11.6 Å². The van der Waals surface area contributed by atoms with Gasteiger partial charge in [-0.3, -0.25) is 0 Å². The van der Waals surface area contributed by atoms with Gasteiger partial charge in [-0.25, -0.2) is 18.4 Å². The first-order valence-corrected chi connectivity index (χ1v) is 13.8. The third-order valence-electron chi connectivity index (χ3n) is 7.82. The van der Waals surface area contributed by atoms with Gasteiger partial charge in [-0.1, -0.05) is 26.2 Å². The zero-order valence-electron chi connectivity index (χ0n) is 23.0. The van der Waals surface area contributed by atoms with E-state index in [9.17, 15) is 18.4 Å². The van der Waals surface area contributed by atoms with Crippen molar-refractivity contribution in [3.8, 4) is 0 Å². The van der Waals surface area contributed by atoms with E-state index in [4.69, 9.17) is 4.74 Å². The van der Waals surface area contributed by atoms with Crippen LogP contribution in [0.25, 0.3) is 0 Å². The predicted octanol–water partition coefficient (Wildman–Crippen LogP) is 4.75. The number of piperidine rings is 1. The van der Waals surface area contributed by atoms with Crippen molar-refractivity contribution in [2.24, 2.45) is 11.3 Å². The second-order valence-electron chi connectivity index (χ2n) is 11.0. The molecule has 3 rings (SSSR count). The number of ether oxygens (including phenoxy) is 2. The first-order valence-electron chi connectivity index (χ1n) is 13.8. The Morgan fingerprint density at radius 3 is 2.50 bits per heavy atom. The number of hydrogen-bond acceptors (Lipinski definition) is 5. The first-order chi connectivity index (χ1) is 18.2. The molecule has 0 radical (unpaired) electrons. The summed E-state index contributed by atoms with van der Waals surface area (Å²) >= 11 is 0. The number of carbonyl (C=O) groups is 2. The van der Waals surface area contributed by atoms with E-state index >= 15 is 0 Å². The van der Waals surface area contributed by atoms with Crippen LogP contribution < -0.4 is 16.0 Å². The SMILES string of the molecule is CNC[C@H](CC1(C)CCCCC1)NC(=O)N1CCC[C@@H](C(OCCNC(=O)OC)c2cc(F)cc(F)c2)C1. The molecule has 1 heterocycles. The fourth-order valence-electron chi connectivity index (χ4n) is 5.99. The average Bonchev–Trinajstić information content (AvgIpc) is 2.88. The molecule has 1 unspecified atom stereocenters. The van der Waals surface area contributed by atoms with E-state index in [-0.39, 0.29) is 36.6 Å². The molecule has 0 aromatic heterocycles. The molecule has 0 bridgehead atoms. The largest absolute Gasteiger partial charge is 0.453 e. The number of alkyl carbamates (subject to hydrolysis) is 1. The summed E-state index contributed by atoms with van der Waals surface area (Å²) in [7, 11) is 3.17. The van der Waals surface area contributed by atoms with Crippen LogP contribution in [0.15, 0.2) is 18.2 Å². The minimum atomic E-state index is -0.683. The standard InChI is InChI=1S/C28H44F2N4O4/c1-28(9-5-4-6-10-28)17-24(18-31-2)33-26(35)34-12-7-8-20(19-34)25(38-13-11-32-27(36)37-3)21-14-22(29)16-23(30)15-21/h14-16,20,24-25,31H,4-13,17-19H2,1-3H3,(H,32,36)(H,33,35)/t20-,24+,25?/m1/s1. The second kappa shape index (κ2) is 14.6. The molecule has 2 fully saturated rings. The molecule has 8 nitrogen and oxygen atoms in total. The second-order valence-corrected chi connectivity index (χ2v) is 11.0. The van der Waals surface area contributed by atoms with Gasteiger partial charge < -0.3 is 30.3 Å². The summed E-state index contributed by atoms with van der Waals surface area (Å²) in [5.74, 6) is -1.52. The molecule has 3 N–H and O–H groups in total. The Hall–Kier alpha value is -2.46. The molecule has 1 aliphatic carbocycles. The van der Waals surface area contributed by atoms with Crippen LogP contribution in [0.1, 0.15) is 70.0 Å². The molecule has 2 aliphatic rings. The smallest absolute Gasteiger partial charge is 0.406 e. The molecule has 214 valence electrons. The topological polar surface area (TPSA) is 91.9 Å². The number of nitrogens with zero attached hydrogens (tertiary/aromatic N) is 1. The lowest BCUT2D eigenvalue weighted by Gasteiger charge is -2.39. The van der Waals surface area contributed by atoms with E-state index in [1.807, 2.05) is 7.05 Å². The lowest BCUT2D eigenvalue weighted by molar-refractivity contribution is -0.00902. The number of likely N-dealkylation sites (N-methyl/N-ethyl adjacent to an activating group) is 1. The maximum Gasteiger partial charge on any atom is 0.406 e. The van der Waals surface area contributed by atoms with Crippen molar-refractivity contribution in [1.82, 2.24) is 20.9 Å². The maximum absolute atomic E-state index is 14.1. The van der Waals surface area contributed by atoms with Gasteiger partial charge in [0.15, 0.2) is 0 Å². The lowest BCUT2D eigenvalue weighted by Crippen LogP contribution is -2.52. The van der Waals surface area contributed by atoms with Gasteiger partial charge >= 0.3 is 12.1 Å². The number of urea groups is 1. The molecule has 0 spiro atoms. The Kier molecular flexibility index (Phi) is 11.6. The molecule has 1 saturated carbocycles. The normalized spacial score (nSPS) is 20.9. The Bertz CT molecular complexity index is 893. The Balaban J connectivity index is 1.67. The average molecular weight is 539 g/mol. The summed E-state index contributed by atoms with van der Waals surface area (Å²) in [5, 5.41) is 9.02. The van der Waals surface area contributed by atoms with E-state index in [2.05, 4.69) is 27.6 Å². The summed E-state index contributed by atoms with van der Waals surface area (Å²) in [6.45, 7) is 4.35. The number of hydrogen-bond donors (Lipinski definition) is 3. The van der Waals surface area contributed by atoms with Crippen molar-refractivity contribution in [2.75, 3.05) is 46.9 Å². The number of halogens is 2. The van der Waals surface area contributed by atoms with Crippen molar-refractivity contribution in [3.05, 3.63) is 35.4 Å². The van der Waals surface area contributed by atoms with E-state index in [1.165, 1.54) is 51.3 Å². The summed E-state index contributed by atoms with van der Waals surface area (Å²) in [5.41, 5.74) is 0.613. The van der Waals surface area contributed by atoms with E-state index in [0.29, 0.717) is 25.2 Å². The minimum absolute atomic E-state index is 0.0183. The Morgan fingerprint density at radius 1 is 1.13 bits per heavy atom. The number of rotatable bonds is 11. The number of methoxy groups -OCH3 is 1. The van der Waals surface area contributed by atoms with Crippen LogP contribution in [0.5, 0.6) is 0 Å². The highest BCUT2D eigenvalue weighted by Gasteiger charge is 2.34. The van der Waals surface area contributed by atoms with Crippen molar-refractivity contribution in [3.63, 3.8) is 0 Å². The van der Waals surface area contributed by atoms with Gasteiger partial charge in [0.2, 0.25) is 0 Å². The number of nitrogens with one attached hydrogen (secondary N) is 3. The monoisotopic (exact) mass is 538 g/mol. The molecule has 1 aromatic carbocycles. The first kappa shape index (κ1) is 30.1. The highest BCUT2D eigenvalue weighted by molar-refractivity contribution is 5.74. The van der Waals surface area contributed by atoms with Crippen LogP contribution in [0, 0.1) is 23.0 Å². The van der Waals surface area contributed by atoms with Gasteiger partial charge in [0, 0.05) is 44.2 Å². The van der Waals surface area contributed by atoms with Crippen LogP contribution in [0.2, 0.25) is 0 Å². The van der Waals surface area contributed by atoms with Crippen LogP contribution in [0.3, 0.4) is 0 Å². The number of carbonyl (C=O) groups excluding carboxylic acids is 2. The molecular weight excluding hydrogens is 494 g/mol. The van der Waals surface area contributed by atoms with Crippen molar-refractivity contribution < 1.29 is 27.8 Å². The van der Waals surface area contributed by atoms with Gasteiger partial charge in [-0.2, -0.15) is 0 Å². The van der Waals surface area contributed by atoms with E-state index in [0.717, 1.165) is 25.3 Å². The zero-order valence-corrected chi connectivity index (χ0v) is 23.0. The van der Waals surface area contributed by atoms with Crippen LogP contribution in [-0.2, 0) is 9.47 Å². The quantitative estimate of drug-likeness (QED) is 0.354. The summed E-state index contributed by atoms with van der Waals surface area (Å²) in [6.07, 6.45) is 7.34. The maximum atomic E-state index is 14.1. The van der Waals surface area contributed by atoms with E-state index in [1.54, 1.807) is 4.90 Å². The molecule has 3 atom stereocenters. The zero-order chi connectivity index (χ0) is 27.5. The lowest BCUT2D eigenvalue weighted by atomic mass is 9.72. The summed E-state index contributed by atoms with van der Waals surface area (Å²) in [4.78, 5) is 26.5. The van der Waals surface area contributed by atoms with Gasteiger partial charge in [-0.05, 0) is 62.3 Å². The Labute approximate surface area is 225 Å². The highest BCUT2D eigenvalue weighted by atomic mass is 19.1. The van der Waals surface area contributed by atoms with Crippen LogP contribution >= 0.6 is 0 Å². The fraction of sp³-hybridized carbons (Fsp3) is 0.714. The van der Waals surface area contributed by atoms with Crippen molar-refractivity contribution in [2.45, 2.75) is 70.4 Å². The third kappa shape index (κ3) is 9.08. The van der Waals surface area contributed by atoms with Gasteiger partial charge in [0.05, 0.1) is 19.8 Å². The van der Waals surface area contributed by atoms with Crippen LogP contribution in [0.4, 0.5) is 18.4 Å². The molecule has 1 aromatic rings. The predicted molar refractivity (Wildman–Crippen MR) is 142 cm³/mol. The van der Waals surface area contributed by atoms with E-state index < -0.39 is 23.8 Å². The third-order valence-corrected chi connectivity index (χ3v) is 7.82. The highest BCUT2D eigenvalue weighted by Crippen LogP contribution is 2.39. The molecular formula is C28H44F2N4O4. The Morgan fingerprint density at radius 2 is 1.84 bits per heavy atom. The molecule has 1 saturated heterocycles. The van der Waals surface area contributed by atoms with Gasteiger partial charge in [0.25, 0.3) is 0 Å². The fourth-order valence-corrected chi connectivity index (χ4v) is 5.99. The molecule has 3 amide bonds. The van der Waals surface area contributed by atoms with Gasteiger partial charge in [-0.15, -0.1) is 0 Å². The van der Waals surface area contributed by atoms with Crippen molar-refractivity contribution in [1.29, 1.82) is 0 Å². The molecule has 10 heteroatoms. The summed E-state index contributed by atoms with van der Waals surface area (Å²) < 4.78 is 38.8. The van der Waals surface area contributed by atoms with Crippen LogP contribution in [-0.4, -0.2) is 70.0 Å². The van der Waals surface area contributed by atoms with Crippen molar-refractivity contribution >= 4 is 12.1 Å². The number of amides is 3. The number of likely N-dealkylation sites (tertiary alicyclic amines) is 1.